The van der Waals surface area contributed by atoms with Gasteiger partial charge in [-0.25, -0.2) is 4.39 Å². The van der Waals surface area contributed by atoms with Crippen LogP contribution in [0.25, 0.3) is 0 Å². The second-order valence-electron chi connectivity index (χ2n) is 3.43. The van der Waals surface area contributed by atoms with Crippen molar-refractivity contribution in [3.63, 3.8) is 0 Å². The molecule has 0 heterocycles. The highest BCUT2D eigenvalue weighted by molar-refractivity contribution is 8.00. The summed E-state index contributed by atoms with van der Waals surface area (Å²) in [4.78, 5) is 0. The van der Waals surface area contributed by atoms with E-state index in [-0.39, 0.29) is 11.1 Å². The lowest BCUT2D eigenvalue weighted by Gasteiger charge is -2.17. The third-order valence-electron chi connectivity index (χ3n) is 1.90. The van der Waals surface area contributed by atoms with Crippen molar-refractivity contribution in [2.45, 2.75) is 24.3 Å². The normalized spacial score (nSPS) is 13.2. The molecule has 1 aromatic carbocycles. The van der Waals surface area contributed by atoms with E-state index < -0.39 is 0 Å². The number of benzene rings is 1. The monoisotopic (exact) mass is 213 g/mol. The van der Waals surface area contributed by atoms with Crippen LogP contribution < -0.4 is 5.73 Å². The van der Waals surface area contributed by atoms with Gasteiger partial charge >= 0.3 is 0 Å². The first-order valence-corrected chi connectivity index (χ1v) is 5.69. The lowest BCUT2D eigenvalue weighted by molar-refractivity contribution is 0.608. The molecule has 1 atom stereocenters. The molecule has 0 aliphatic carbocycles. The quantitative estimate of drug-likeness (QED) is 0.832. The molecule has 1 aromatic rings. The van der Waals surface area contributed by atoms with E-state index in [4.69, 9.17) is 5.73 Å². The van der Waals surface area contributed by atoms with Gasteiger partial charge in [0.2, 0.25) is 0 Å². The summed E-state index contributed by atoms with van der Waals surface area (Å²) < 4.78 is 13.4. The SMILES string of the molecule is CC(C)SC(CN)c1ccccc1F. The molecule has 0 saturated carbocycles. The largest absolute Gasteiger partial charge is 0.329 e. The smallest absolute Gasteiger partial charge is 0.127 e. The Hall–Kier alpha value is -0.540. The van der Waals surface area contributed by atoms with Gasteiger partial charge in [-0.15, -0.1) is 11.8 Å². The van der Waals surface area contributed by atoms with Gasteiger partial charge in [0.1, 0.15) is 5.82 Å². The highest BCUT2D eigenvalue weighted by Crippen LogP contribution is 2.32. The number of halogens is 1. The highest BCUT2D eigenvalue weighted by atomic mass is 32.2. The maximum Gasteiger partial charge on any atom is 0.127 e. The fourth-order valence-corrected chi connectivity index (χ4v) is 2.43. The van der Waals surface area contributed by atoms with Crippen molar-refractivity contribution in [3.05, 3.63) is 35.6 Å². The molecule has 78 valence electrons. The predicted molar refractivity (Wildman–Crippen MR) is 60.9 cm³/mol. The second-order valence-corrected chi connectivity index (χ2v) is 5.21. The molecule has 0 aromatic heterocycles. The first-order chi connectivity index (χ1) is 6.65. The van der Waals surface area contributed by atoms with Crippen LogP contribution in [-0.2, 0) is 0 Å². The maximum atomic E-state index is 13.4. The number of rotatable bonds is 4. The summed E-state index contributed by atoms with van der Waals surface area (Å²) >= 11 is 1.70. The van der Waals surface area contributed by atoms with Crippen LogP contribution in [0.5, 0.6) is 0 Å². The Bertz CT molecular complexity index is 288. The van der Waals surface area contributed by atoms with E-state index in [0.29, 0.717) is 17.4 Å². The van der Waals surface area contributed by atoms with Crippen molar-refractivity contribution in [1.29, 1.82) is 0 Å². The lowest BCUT2D eigenvalue weighted by atomic mass is 10.1. The first-order valence-electron chi connectivity index (χ1n) is 4.75. The van der Waals surface area contributed by atoms with E-state index in [2.05, 4.69) is 13.8 Å². The molecule has 1 rings (SSSR count). The lowest BCUT2D eigenvalue weighted by Crippen LogP contribution is -2.12. The Kier molecular flexibility index (Phi) is 4.42. The van der Waals surface area contributed by atoms with Gasteiger partial charge in [-0.3, -0.25) is 0 Å². The fraction of sp³-hybridized carbons (Fsp3) is 0.455. The molecule has 0 aliphatic heterocycles. The predicted octanol–water partition coefficient (Wildman–Crippen LogP) is 2.97. The van der Waals surface area contributed by atoms with E-state index in [9.17, 15) is 4.39 Å². The summed E-state index contributed by atoms with van der Waals surface area (Å²) in [7, 11) is 0. The first kappa shape index (κ1) is 11.5. The van der Waals surface area contributed by atoms with Crippen molar-refractivity contribution in [3.8, 4) is 0 Å². The molecule has 0 aliphatic rings. The van der Waals surface area contributed by atoms with Crippen LogP contribution in [0.3, 0.4) is 0 Å². The Morgan fingerprint density at radius 1 is 1.36 bits per heavy atom. The Morgan fingerprint density at radius 2 is 2.00 bits per heavy atom. The summed E-state index contributed by atoms with van der Waals surface area (Å²) in [6.07, 6.45) is 0. The zero-order valence-corrected chi connectivity index (χ0v) is 9.35. The van der Waals surface area contributed by atoms with Gasteiger partial charge in [-0.05, 0) is 11.3 Å². The third kappa shape index (κ3) is 3.00. The van der Waals surface area contributed by atoms with Crippen LogP contribution >= 0.6 is 11.8 Å². The minimum absolute atomic E-state index is 0.0659. The number of nitrogens with two attached hydrogens (primary N) is 1. The van der Waals surface area contributed by atoms with E-state index in [0.717, 1.165) is 0 Å². The molecule has 0 bridgehead atoms. The number of hydrogen-bond donors (Lipinski definition) is 1. The fourth-order valence-electron chi connectivity index (χ4n) is 1.32. The van der Waals surface area contributed by atoms with Gasteiger partial charge in [0, 0.05) is 17.4 Å². The molecule has 14 heavy (non-hydrogen) atoms. The average Bonchev–Trinajstić information content (AvgIpc) is 2.15. The molecule has 2 N–H and O–H groups in total. The topological polar surface area (TPSA) is 26.0 Å². The van der Waals surface area contributed by atoms with Crippen molar-refractivity contribution < 1.29 is 4.39 Å². The summed E-state index contributed by atoms with van der Waals surface area (Å²) in [5.74, 6) is -0.156. The molecule has 1 unspecified atom stereocenters. The Labute approximate surface area is 88.9 Å². The minimum atomic E-state index is -0.156. The van der Waals surface area contributed by atoms with Crippen LogP contribution in [0.1, 0.15) is 24.7 Å². The molecule has 0 saturated heterocycles. The van der Waals surface area contributed by atoms with Gasteiger partial charge in [-0.1, -0.05) is 32.0 Å². The van der Waals surface area contributed by atoms with E-state index >= 15 is 0 Å². The van der Waals surface area contributed by atoms with Crippen LogP contribution in [0, 0.1) is 5.82 Å². The molecule has 0 fully saturated rings. The van der Waals surface area contributed by atoms with Crippen LogP contribution in [0.2, 0.25) is 0 Å². The van der Waals surface area contributed by atoms with E-state index in [1.54, 1.807) is 17.8 Å². The molecule has 0 amide bonds. The molecular weight excluding hydrogens is 197 g/mol. The summed E-state index contributed by atoms with van der Waals surface area (Å²) in [5.41, 5.74) is 6.35. The summed E-state index contributed by atoms with van der Waals surface area (Å²) in [6.45, 7) is 4.66. The maximum absolute atomic E-state index is 13.4. The minimum Gasteiger partial charge on any atom is -0.329 e. The molecular formula is C11H16FNS. The molecule has 0 spiro atoms. The molecule has 0 radical (unpaired) electrons. The molecule has 3 heteroatoms. The van der Waals surface area contributed by atoms with Crippen molar-refractivity contribution >= 4 is 11.8 Å². The zero-order valence-electron chi connectivity index (χ0n) is 8.53. The summed E-state index contributed by atoms with van der Waals surface area (Å²) in [5, 5.41) is 0.527. The van der Waals surface area contributed by atoms with E-state index in [1.165, 1.54) is 6.07 Å². The van der Waals surface area contributed by atoms with Gasteiger partial charge in [0.05, 0.1) is 0 Å². The zero-order chi connectivity index (χ0) is 10.6. The van der Waals surface area contributed by atoms with Crippen molar-refractivity contribution in [2.75, 3.05) is 6.54 Å². The van der Waals surface area contributed by atoms with Crippen LogP contribution in [0.15, 0.2) is 24.3 Å². The highest BCUT2D eigenvalue weighted by Gasteiger charge is 2.15. The van der Waals surface area contributed by atoms with Gasteiger partial charge in [0.15, 0.2) is 0 Å². The molecule has 1 nitrogen and oxygen atoms in total. The van der Waals surface area contributed by atoms with Crippen molar-refractivity contribution in [2.24, 2.45) is 5.73 Å². The van der Waals surface area contributed by atoms with Gasteiger partial charge < -0.3 is 5.73 Å². The summed E-state index contributed by atoms with van der Waals surface area (Å²) in [6, 6.07) is 6.84. The number of hydrogen-bond acceptors (Lipinski definition) is 2. The van der Waals surface area contributed by atoms with Crippen LogP contribution in [-0.4, -0.2) is 11.8 Å². The third-order valence-corrected chi connectivity index (χ3v) is 3.22. The van der Waals surface area contributed by atoms with E-state index in [1.807, 2.05) is 12.1 Å². The van der Waals surface area contributed by atoms with Gasteiger partial charge in [0.25, 0.3) is 0 Å². The standard InChI is InChI=1S/C11H16FNS/c1-8(2)14-11(7-13)9-5-3-4-6-10(9)12/h3-6,8,11H,7,13H2,1-2H3. The van der Waals surface area contributed by atoms with Crippen molar-refractivity contribution in [1.82, 2.24) is 0 Å². The Balaban J connectivity index is 2.83. The van der Waals surface area contributed by atoms with Crippen LogP contribution in [0.4, 0.5) is 4.39 Å². The number of thioether (sulfide) groups is 1. The average molecular weight is 213 g/mol. The van der Waals surface area contributed by atoms with Gasteiger partial charge in [-0.2, -0.15) is 0 Å². The Morgan fingerprint density at radius 3 is 2.50 bits per heavy atom. The second kappa shape index (κ2) is 5.37.